The van der Waals surface area contributed by atoms with Crippen LogP contribution in [0.5, 0.6) is 0 Å². The highest BCUT2D eigenvalue weighted by Gasteiger charge is 2.27. The van der Waals surface area contributed by atoms with Crippen LogP contribution in [0.15, 0.2) is 12.1 Å². The number of carbonyl (C=O) groups excluding carboxylic acids is 2. The summed E-state index contributed by atoms with van der Waals surface area (Å²) < 4.78 is 10.7. The van der Waals surface area contributed by atoms with E-state index in [2.05, 4.69) is 13.8 Å². The molecule has 0 amide bonds. The molecule has 2 N–H and O–H groups in total. The molecule has 0 aliphatic heterocycles. The van der Waals surface area contributed by atoms with Gasteiger partial charge in [-0.3, -0.25) is 0 Å². The van der Waals surface area contributed by atoms with Crippen molar-refractivity contribution >= 4 is 23.9 Å². The molecule has 0 saturated carbocycles. The number of carboxylic acid groups (broad SMARTS) is 2. The van der Waals surface area contributed by atoms with Crippen LogP contribution in [0.25, 0.3) is 0 Å². The Balaban J connectivity index is 2.25. The normalized spacial score (nSPS) is 11.2. The molecule has 0 atom stereocenters. The van der Waals surface area contributed by atoms with Crippen LogP contribution in [-0.4, -0.2) is 47.3 Å². The van der Waals surface area contributed by atoms with Crippen LogP contribution < -0.4 is 0 Å². The highest BCUT2D eigenvalue weighted by atomic mass is 16.5. The summed E-state index contributed by atoms with van der Waals surface area (Å²) in [6.07, 6.45) is 42.1. The molecule has 0 aliphatic rings. The highest BCUT2D eigenvalue weighted by molar-refractivity contribution is 6.09. The molecular weight excluding hydrogens is 705 g/mol. The molecule has 1 aromatic carbocycles. The molecule has 0 aliphatic carbocycles. The van der Waals surface area contributed by atoms with Gasteiger partial charge in [0.15, 0.2) is 0 Å². The van der Waals surface area contributed by atoms with Gasteiger partial charge in [0.05, 0.1) is 35.5 Å². The first-order chi connectivity index (χ1) is 27.3. The third-order valence-corrected chi connectivity index (χ3v) is 11.0. The lowest BCUT2D eigenvalue weighted by Gasteiger charge is -2.12. The minimum atomic E-state index is -1.45. The second kappa shape index (κ2) is 36.4. The van der Waals surface area contributed by atoms with E-state index in [4.69, 9.17) is 9.47 Å². The molecule has 0 aromatic heterocycles. The standard InChI is InChI=1S/C48H82O8/c1-3-5-7-9-11-13-15-17-19-21-23-25-27-29-31-33-35-37-55-47(53)43-39-42(46(51)52)44(40-41(43)45(49)50)48(54)56-38-36-34-32-30-28-26-24-22-20-18-16-14-12-10-8-6-4-2/h39-40H,3-38H2,1-2H3,(H,49,50)(H,51,52). The molecular formula is C48H82O8. The van der Waals surface area contributed by atoms with Crippen LogP contribution in [-0.2, 0) is 9.47 Å². The Morgan fingerprint density at radius 3 is 0.732 bits per heavy atom. The van der Waals surface area contributed by atoms with E-state index in [-0.39, 0.29) is 24.3 Å². The Kier molecular flexibility index (Phi) is 33.3. The van der Waals surface area contributed by atoms with Gasteiger partial charge in [-0.15, -0.1) is 0 Å². The summed E-state index contributed by atoms with van der Waals surface area (Å²) in [5.41, 5.74) is -1.72. The van der Waals surface area contributed by atoms with Crippen LogP contribution in [0.4, 0.5) is 0 Å². The summed E-state index contributed by atoms with van der Waals surface area (Å²) in [7, 11) is 0. The lowest BCUT2D eigenvalue weighted by atomic mass is 9.98. The predicted octanol–water partition coefficient (Wildman–Crippen LogP) is 14.7. The van der Waals surface area contributed by atoms with Gasteiger partial charge in [-0.25, -0.2) is 19.2 Å². The monoisotopic (exact) mass is 787 g/mol. The number of unbranched alkanes of at least 4 members (excludes halogenated alkanes) is 32. The number of benzene rings is 1. The molecule has 1 rings (SSSR count). The average molecular weight is 787 g/mol. The van der Waals surface area contributed by atoms with E-state index in [0.29, 0.717) is 12.8 Å². The Morgan fingerprint density at radius 2 is 0.536 bits per heavy atom. The summed E-state index contributed by atoms with van der Waals surface area (Å²) in [6, 6.07) is 1.85. The van der Waals surface area contributed by atoms with Gasteiger partial charge < -0.3 is 19.7 Å². The van der Waals surface area contributed by atoms with E-state index in [0.717, 1.165) is 50.7 Å². The van der Waals surface area contributed by atoms with Crippen LogP contribution in [0.1, 0.15) is 274 Å². The quantitative estimate of drug-likeness (QED) is 0.0497. The first-order valence-electron chi connectivity index (χ1n) is 23.3. The molecule has 56 heavy (non-hydrogen) atoms. The van der Waals surface area contributed by atoms with Crippen molar-refractivity contribution in [1.29, 1.82) is 0 Å². The van der Waals surface area contributed by atoms with Crippen LogP contribution in [0.3, 0.4) is 0 Å². The van der Waals surface area contributed by atoms with Gasteiger partial charge in [-0.05, 0) is 25.0 Å². The Bertz CT molecular complexity index is 1070. The van der Waals surface area contributed by atoms with Gasteiger partial charge in [0.1, 0.15) is 0 Å². The Labute approximate surface area is 341 Å². The van der Waals surface area contributed by atoms with E-state index in [1.54, 1.807) is 0 Å². The van der Waals surface area contributed by atoms with E-state index in [9.17, 15) is 29.4 Å². The molecule has 0 heterocycles. The molecule has 8 nitrogen and oxygen atoms in total. The summed E-state index contributed by atoms with van der Waals surface area (Å²) in [5.74, 6) is -4.72. The second-order valence-electron chi connectivity index (χ2n) is 16.1. The summed E-state index contributed by atoms with van der Waals surface area (Å²) in [5, 5.41) is 19.6. The minimum Gasteiger partial charge on any atom is -0.478 e. The van der Waals surface area contributed by atoms with E-state index < -0.39 is 35.0 Å². The third-order valence-electron chi connectivity index (χ3n) is 11.0. The largest absolute Gasteiger partial charge is 0.478 e. The van der Waals surface area contributed by atoms with Crippen LogP contribution in [0.2, 0.25) is 0 Å². The maximum atomic E-state index is 12.9. The van der Waals surface area contributed by atoms with Crippen molar-refractivity contribution in [3.05, 3.63) is 34.4 Å². The number of esters is 2. The molecule has 1 aromatic rings. The van der Waals surface area contributed by atoms with Gasteiger partial charge in [0.2, 0.25) is 0 Å². The van der Waals surface area contributed by atoms with Gasteiger partial charge in [0.25, 0.3) is 0 Å². The summed E-state index contributed by atoms with van der Waals surface area (Å²) >= 11 is 0. The van der Waals surface area contributed by atoms with Crippen LogP contribution >= 0.6 is 0 Å². The fourth-order valence-corrected chi connectivity index (χ4v) is 7.43. The van der Waals surface area contributed by atoms with Crippen molar-refractivity contribution in [2.24, 2.45) is 0 Å². The van der Waals surface area contributed by atoms with Gasteiger partial charge in [-0.2, -0.15) is 0 Å². The molecule has 8 heteroatoms. The zero-order valence-electron chi connectivity index (χ0n) is 36.0. The summed E-state index contributed by atoms with van der Waals surface area (Å²) in [6.45, 7) is 4.74. The SMILES string of the molecule is CCCCCCCCCCCCCCCCCCCOC(=O)c1cc(C(=O)O)c(C(=O)OCCCCCCCCCCCCCCCCCCC)cc1C(=O)O. The van der Waals surface area contributed by atoms with Crippen molar-refractivity contribution in [2.75, 3.05) is 13.2 Å². The smallest absolute Gasteiger partial charge is 0.339 e. The number of ether oxygens (including phenoxy) is 2. The number of hydrogen-bond acceptors (Lipinski definition) is 6. The molecule has 0 fully saturated rings. The molecule has 0 spiro atoms. The van der Waals surface area contributed by atoms with Gasteiger partial charge in [0, 0.05) is 0 Å². The van der Waals surface area contributed by atoms with Gasteiger partial charge in [-0.1, -0.05) is 219 Å². The van der Waals surface area contributed by atoms with Crippen molar-refractivity contribution in [3.63, 3.8) is 0 Å². The number of carboxylic acids is 2. The maximum absolute atomic E-state index is 12.9. The Hall–Kier alpha value is -2.90. The molecule has 322 valence electrons. The van der Waals surface area contributed by atoms with Crippen molar-refractivity contribution in [3.8, 4) is 0 Å². The van der Waals surface area contributed by atoms with Crippen LogP contribution in [0, 0.1) is 0 Å². The number of hydrogen-bond donors (Lipinski definition) is 2. The van der Waals surface area contributed by atoms with Crippen molar-refractivity contribution < 1.29 is 38.9 Å². The molecule has 0 saturated heterocycles. The van der Waals surface area contributed by atoms with E-state index in [1.165, 1.54) is 167 Å². The van der Waals surface area contributed by atoms with E-state index in [1.807, 2.05) is 0 Å². The van der Waals surface area contributed by atoms with E-state index >= 15 is 0 Å². The highest BCUT2D eigenvalue weighted by Crippen LogP contribution is 2.22. The van der Waals surface area contributed by atoms with Gasteiger partial charge >= 0.3 is 23.9 Å². The average Bonchev–Trinajstić information content (AvgIpc) is 3.19. The maximum Gasteiger partial charge on any atom is 0.339 e. The number of rotatable bonds is 40. The lowest BCUT2D eigenvalue weighted by molar-refractivity contribution is 0.0472. The fourth-order valence-electron chi connectivity index (χ4n) is 7.43. The minimum absolute atomic E-state index is 0.113. The first kappa shape index (κ1) is 51.1. The number of carbonyl (C=O) groups is 4. The second-order valence-corrected chi connectivity index (χ2v) is 16.1. The molecule has 0 bridgehead atoms. The first-order valence-corrected chi connectivity index (χ1v) is 23.3. The fraction of sp³-hybridized carbons (Fsp3) is 0.792. The van der Waals surface area contributed by atoms with Crippen molar-refractivity contribution in [1.82, 2.24) is 0 Å². The van der Waals surface area contributed by atoms with Crippen molar-refractivity contribution in [2.45, 2.75) is 232 Å². The third kappa shape index (κ3) is 26.9. The topological polar surface area (TPSA) is 127 Å². The zero-order chi connectivity index (χ0) is 40.9. The Morgan fingerprint density at radius 1 is 0.339 bits per heavy atom. The predicted molar refractivity (Wildman–Crippen MR) is 229 cm³/mol. The molecule has 0 unspecified atom stereocenters. The zero-order valence-corrected chi connectivity index (χ0v) is 36.0. The number of aromatic carboxylic acids is 2. The lowest BCUT2D eigenvalue weighted by Crippen LogP contribution is -2.19. The summed E-state index contributed by atoms with van der Waals surface area (Å²) in [4.78, 5) is 49.8. The molecule has 0 radical (unpaired) electrons.